The quantitative estimate of drug-likeness (QED) is 0.0127. The smallest absolute Gasteiger partial charge is 0.326 e. The maximum absolute atomic E-state index is 14.7. The second-order valence-electron chi connectivity index (χ2n) is 25.0. The molecule has 0 saturated heterocycles. The maximum Gasteiger partial charge on any atom is 0.326 e. The van der Waals surface area contributed by atoms with E-state index in [9.17, 15) is 67.7 Å². The van der Waals surface area contributed by atoms with E-state index in [2.05, 4.69) is 95.7 Å². The van der Waals surface area contributed by atoms with Gasteiger partial charge in [0.05, 0.1) is 32.4 Å². The number of amides is 10. The van der Waals surface area contributed by atoms with Crippen LogP contribution in [0.5, 0.6) is 5.75 Å². The number of nitrogens with two attached hydrogens (primary N) is 9. The van der Waals surface area contributed by atoms with E-state index in [4.69, 9.17) is 69.0 Å². The summed E-state index contributed by atoms with van der Waals surface area (Å²) in [5, 5.41) is 45.3. The molecule has 40 nitrogen and oxygen atoms in total. The molecule has 1 aliphatic carbocycles. The normalized spacial score (nSPS) is 15.4. The number of aliphatic carboxylic acids is 2. The highest BCUT2D eigenvalue weighted by Crippen LogP contribution is 2.37. The molecule has 105 heavy (non-hydrogen) atoms. The maximum atomic E-state index is 14.7. The third-order valence-electron chi connectivity index (χ3n) is 16.7. The summed E-state index contributed by atoms with van der Waals surface area (Å²) in [6.07, 6.45) is 4.67. The number of benzene rings is 1. The second-order valence-corrected chi connectivity index (χ2v) is 26.3. The summed E-state index contributed by atoms with van der Waals surface area (Å²) in [6.45, 7) is 2.65. The van der Waals surface area contributed by atoms with Crippen molar-refractivity contribution in [1.29, 1.82) is 0 Å². The number of carboxylic acids is 2. The van der Waals surface area contributed by atoms with Crippen molar-refractivity contribution in [1.82, 2.24) is 63.1 Å². The van der Waals surface area contributed by atoms with E-state index >= 15 is 0 Å². The Morgan fingerprint density at radius 3 is 1.50 bits per heavy atom. The van der Waals surface area contributed by atoms with E-state index in [-0.39, 0.29) is 114 Å². The molecule has 42 heteroatoms. The highest BCUT2D eigenvalue weighted by Gasteiger charge is 2.45. The number of aliphatic imine (C=N–C) groups is 4. The van der Waals surface area contributed by atoms with Gasteiger partial charge in [0.15, 0.2) is 23.8 Å². The molecule has 1 saturated carbocycles. The Morgan fingerprint density at radius 2 is 1.02 bits per heavy atom. The van der Waals surface area contributed by atoms with Gasteiger partial charge in [0.25, 0.3) is 0 Å². The number of carbonyl (C=O) groups is 12. The van der Waals surface area contributed by atoms with E-state index in [1.54, 1.807) is 26.0 Å². The molecular formula is C63H105N25O15S2. The average Bonchev–Trinajstić information content (AvgIpc) is 1.08. The van der Waals surface area contributed by atoms with Crippen LogP contribution in [-0.2, 0) is 70.4 Å². The first kappa shape index (κ1) is 88.8. The van der Waals surface area contributed by atoms with Crippen LogP contribution < -0.4 is 110 Å². The number of nitrogens with zero attached hydrogens (tertiary/aromatic N) is 5. The zero-order valence-electron chi connectivity index (χ0n) is 59.1. The lowest BCUT2D eigenvalue weighted by Crippen LogP contribution is -2.64. The van der Waals surface area contributed by atoms with E-state index < -0.39 is 155 Å². The van der Waals surface area contributed by atoms with Crippen LogP contribution in [0.15, 0.2) is 56.8 Å². The van der Waals surface area contributed by atoms with Gasteiger partial charge in [0.2, 0.25) is 59.1 Å². The van der Waals surface area contributed by atoms with Gasteiger partial charge in [0, 0.05) is 61.4 Å². The number of hydrogen-bond acceptors (Lipinski definition) is 21. The van der Waals surface area contributed by atoms with E-state index in [0.717, 1.165) is 6.42 Å². The molecule has 1 heterocycles. The molecule has 0 aliphatic heterocycles. The second kappa shape index (κ2) is 46.4. The van der Waals surface area contributed by atoms with Crippen LogP contribution >= 0.6 is 25.3 Å². The Bertz CT molecular complexity index is 3330. The third-order valence-corrected chi connectivity index (χ3v) is 17.8. The number of ether oxygens (including phenoxy) is 1. The Hall–Kier alpha value is -10.4. The van der Waals surface area contributed by atoms with Crippen molar-refractivity contribution in [3.8, 4) is 5.75 Å². The van der Waals surface area contributed by atoms with Gasteiger partial charge in [-0.05, 0) is 87.8 Å². The van der Waals surface area contributed by atoms with Gasteiger partial charge < -0.3 is 125 Å². The van der Waals surface area contributed by atoms with Crippen LogP contribution in [0.2, 0.25) is 0 Å². The van der Waals surface area contributed by atoms with Crippen molar-refractivity contribution < 1.29 is 72.5 Å². The van der Waals surface area contributed by atoms with Crippen molar-refractivity contribution in [2.75, 3.05) is 45.6 Å². The molecule has 0 radical (unpaired) electrons. The summed E-state index contributed by atoms with van der Waals surface area (Å²) in [4.78, 5) is 189. The minimum absolute atomic E-state index is 0.0354. The molecule has 1 fully saturated rings. The van der Waals surface area contributed by atoms with Crippen molar-refractivity contribution in [3.63, 3.8) is 0 Å². The molecule has 31 N–H and O–H groups in total. The number of aromatic nitrogens is 2. The molecule has 3 rings (SSSR count). The minimum Gasteiger partial charge on any atom is -0.497 e. The number of nitrogens with one attached hydrogen (secondary N) is 11. The number of hydrogen-bond donors (Lipinski definition) is 24. The van der Waals surface area contributed by atoms with Gasteiger partial charge in [-0.15, -0.1) is 0 Å². The summed E-state index contributed by atoms with van der Waals surface area (Å²) in [5.74, 6) is -14.0. The Labute approximate surface area is 618 Å². The summed E-state index contributed by atoms with van der Waals surface area (Å²) in [7, 11) is 1.40. The highest BCUT2D eigenvalue weighted by molar-refractivity contribution is 7.82. The van der Waals surface area contributed by atoms with Crippen LogP contribution in [0.3, 0.4) is 0 Å². The zero-order chi connectivity index (χ0) is 78.3. The SMILES string of the molecule is CC[C@H](C)[C@H](NC(=O)C(NC(=O)[C@@H](N)CCCN=C(N)N)C1(S)CCCCC1)C(=O)N[C@@H](Cc1cnc[nH]1)C(=O)N[C@@H](CCCN=C(N)N)C(=O)NCC(=O)N[C@@H](CC(=O)O)C(=O)N[C@@H](Cc1ccc(OC)cc1)C(=O)N[C@@H](CCCN=C(N)N)C(=O)N[C@@H](CS)C(=O)N[C@@H](CCCN=C(N)N)C(=O)O. The fraction of sp³-hybridized carbons (Fsp3) is 0.603. The Morgan fingerprint density at radius 1 is 0.562 bits per heavy atom. The minimum atomic E-state index is -1.97. The fourth-order valence-corrected chi connectivity index (χ4v) is 11.6. The van der Waals surface area contributed by atoms with Gasteiger partial charge >= 0.3 is 11.9 Å². The standard InChI is InChI=1S/C63H105N25O15S2/c1-4-33(2)47(87-57(100)48(63(105)20-6-5-7-21-63)88-49(92)37(64)12-8-22-74-59(65)66)56(99)85-42(27-35-29-73-32-79-35)53(96)81-38(13-9-23-75-60(67)68)50(93)78-30-45(89)80-43(28-46(90)91)54(97)84-41(26-34-16-18-36(103-3)19-17-34)52(95)82-39(14-10-24-76-61(69)70)51(94)86-44(31-104)55(98)83-40(58(101)102)15-11-25-77-62(71)72/h16-19,29,32-33,37-44,47-48,104-105H,4-15,20-28,30-31,64H2,1-3H3,(H,73,79)(H,78,93)(H,80,89)(H,81,96)(H,82,95)(H,83,98)(H,84,97)(H,85,99)(H,86,94)(H,87,100)(H,88,92)(H,90,91)(H,101,102)(H4,65,66,74)(H4,67,68,75)(H4,69,70,76)(H4,71,72,77)/t33-,37-,38-,39-,40-,41-,42-,43-,44-,47-,48?/m0/s1. The molecule has 1 aromatic heterocycles. The highest BCUT2D eigenvalue weighted by atomic mass is 32.1. The molecule has 1 aliphatic rings. The molecule has 0 bridgehead atoms. The van der Waals surface area contributed by atoms with Gasteiger partial charge in [-0.2, -0.15) is 25.3 Å². The first-order chi connectivity index (χ1) is 49.7. The zero-order valence-corrected chi connectivity index (χ0v) is 60.9. The van der Waals surface area contributed by atoms with Crippen LogP contribution in [0, 0.1) is 5.92 Å². The van der Waals surface area contributed by atoms with Gasteiger partial charge in [-0.1, -0.05) is 51.7 Å². The molecular weight excluding hydrogens is 1410 g/mol. The number of aromatic amines is 1. The molecule has 0 spiro atoms. The van der Waals surface area contributed by atoms with Gasteiger partial charge in [-0.3, -0.25) is 72.7 Å². The molecule has 584 valence electrons. The predicted molar refractivity (Wildman–Crippen MR) is 395 cm³/mol. The van der Waals surface area contributed by atoms with Crippen molar-refractivity contribution in [2.24, 2.45) is 77.5 Å². The lowest BCUT2D eigenvalue weighted by atomic mass is 9.82. The third kappa shape index (κ3) is 33.3. The molecule has 1 unspecified atom stereocenters. The monoisotopic (exact) mass is 1520 g/mol. The lowest BCUT2D eigenvalue weighted by molar-refractivity contribution is -0.142. The Kier molecular flexibility index (Phi) is 39.2. The lowest BCUT2D eigenvalue weighted by Gasteiger charge is -2.40. The summed E-state index contributed by atoms with van der Waals surface area (Å²) in [6, 6.07) is -8.64. The van der Waals surface area contributed by atoms with Gasteiger partial charge in [-0.25, -0.2) is 9.78 Å². The first-order valence-corrected chi connectivity index (χ1v) is 35.1. The summed E-state index contributed by atoms with van der Waals surface area (Å²) >= 11 is 9.16. The predicted octanol–water partition coefficient (Wildman–Crippen LogP) is -6.61. The molecule has 10 amide bonds. The van der Waals surface area contributed by atoms with Crippen LogP contribution in [0.25, 0.3) is 0 Å². The number of thiol groups is 2. The van der Waals surface area contributed by atoms with E-state index in [1.807, 2.05) is 0 Å². The molecule has 11 atom stereocenters. The summed E-state index contributed by atoms with van der Waals surface area (Å²) in [5.41, 5.74) is 50.7. The van der Waals surface area contributed by atoms with E-state index in [1.165, 1.54) is 31.8 Å². The average molecular weight is 1520 g/mol. The number of guanidine groups is 4. The topological polar surface area (TPSA) is 687 Å². The fourth-order valence-electron chi connectivity index (χ4n) is 10.8. The summed E-state index contributed by atoms with van der Waals surface area (Å²) < 4.78 is 4.21. The van der Waals surface area contributed by atoms with Crippen LogP contribution in [0.1, 0.15) is 121 Å². The first-order valence-electron chi connectivity index (χ1n) is 34.1. The molecule has 1 aromatic carbocycles. The van der Waals surface area contributed by atoms with Crippen molar-refractivity contribution in [2.45, 2.75) is 188 Å². The van der Waals surface area contributed by atoms with Gasteiger partial charge in [0.1, 0.15) is 60.1 Å². The van der Waals surface area contributed by atoms with Crippen molar-refractivity contribution >= 4 is 120 Å². The molecule has 2 aromatic rings. The van der Waals surface area contributed by atoms with E-state index in [0.29, 0.717) is 55.5 Å². The van der Waals surface area contributed by atoms with Crippen molar-refractivity contribution in [3.05, 3.63) is 48.0 Å². The number of H-pyrrole nitrogens is 1. The van der Waals surface area contributed by atoms with Crippen LogP contribution in [-0.4, -0.2) is 226 Å². The van der Waals surface area contributed by atoms with Crippen LogP contribution in [0.4, 0.5) is 0 Å². The number of imidazole rings is 1. The Balaban J connectivity index is 1.95. The number of carboxylic acid groups (broad SMARTS) is 2. The number of rotatable bonds is 48. The number of carbonyl (C=O) groups excluding carboxylic acids is 10. The largest absolute Gasteiger partial charge is 0.497 e. The number of methoxy groups -OCH3 is 1.